The van der Waals surface area contributed by atoms with E-state index in [0.29, 0.717) is 11.1 Å². The van der Waals surface area contributed by atoms with Gasteiger partial charge in [0.1, 0.15) is 0 Å². The Hall–Kier alpha value is -1.67. The van der Waals surface area contributed by atoms with E-state index in [1.165, 1.54) is 6.07 Å². The Bertz CT molecular complexity index is 725. The molecule has 0 fully saturated rings. The second kappa shape index (κ2) is 6.40. The molecule has 0 aliphatic carbocycles. The number of fused-ring (bicyclic) bond motifs is 1. The van der Waals surface area contributed by atoms with Crippen LogP contribution < -0.4 is 5.73 Å². The predicted molar refractivity (Wildman–Crippen MR) is 81.3 cm³/mol. The van der Waals surface area contributed by atoms with Gasteiger partial charge in [0.2, 0.25) is 10.0 Å². The van der Waals surface area contributed by atoms with Crippen molar-refractivity contribution in [1.29, 1.82) is 0 Å². The van der Waals surface area contributed by atoms with Gasteiger partial charge in [-0.15, -0.1) is 0 Å². The number of nitrogens with zero attached hydrogens (tertiary/aromatic N) is 1. The van der Waals surface area contributed by atoms with Crippen molar-refractivity contribution in [1.82, 2.24) is 4.31 Å². The van der Waals surface area contributed by atoms with Gasteiger partial charge in [0, 0.05) is 24.2 Å². The number of nitrogens with two attached hydrogens (primary N) is 1. The summed E-state index contributed by atoms with van der Waals surface area (Å²) in [6.07, 6.45) is 0. The van der Waals surface area contributed by atoms with Crippen LogP contribution in [0.3, 0.4) is 0 Å². The first-order chi connectivity index (χ1) is 10.0. The predicted octanol–water partition coefficient (Wildman–Crippen LogP) is 0.397. The Morgan fingerprint density at radius 1 is 1.05 bits per heavy atom. The number of aliphatic hydroxyl groups excluding tert-OH is 2. The molecule has 6 nitrogen and oxygen atoms in total. The van der Waals surface area contributed by atoms with Gasteiger partial charge in [0.05, 0.1) is 18.1 Å². The molecule has 0 saturated heterocycles. The largest absolute Gasteiger partial charge is 0.399 e. The maximum Gasteiger partial charge on any atom is 0.243 e. The Labute approximate surface area is 123 Å². The summed E-state index contributed by atoms with van der Waals surface area (Å²) in [6.45, 7) is -0.740. The molecule has 0 spiro atoms. The van der Waals surface area contributed by atoms with E-state index in [-0.39, 0.29) is 31.2 Å². The van der Waals surface area contributed by atoms with Gasteiger partial charge >= 0.3 is 0 Å². The highest BCUT2D eigenvalue weighted by atomic mass is 32.2. The van der Waals surface area contributed by atoms with Gasteiger partial charge in [-0.3, -0.25) is 0 Å². The lowest BCUT2D eigenvalue weighted by Gasteiger charge is -2.21. The monoisotopic (exact) mass is 310 g/mol. The fourth-order valence-corrected chi connectivity index (χ4v) is 3.85. The average molecular weight is 310 g/mol. The van der Waals surface area contributed by atoms with E-state index in [1.54, 1.807) is 30.3 Å². The summed E-state index contributed by atoms with van der Waals surface area (Å²) in [5.41, 5.74) is 6.27. The first-order valence-electron chi connectivity index (χ1n) is 6.51. The van der Waals surface area contributed by atoms with Gasteiger partial charge in [0.15, 0.2) is 0 Å². The highest BCUT2D eigenvalue weighted by molar-refractivity contribution is 7.89. The third-order valence-electron chi connectivity index (χ3n) is 3.18. The summed E-state index contributed by atoms with van der Waals surface area (Å²) in [6, 6.07) is 9.95. The first-order valence-corrected chi connectivity index (χ1v) is 7.95. The maximum atomic E-state index is 12.7. The van der Waals surface area contributed by atoms with Gasteiger partial charge in [-0.25, -0.2) is 8.42 Å². The van der Waals surface area contributed by atoms with Crippen LogP contribution in [-0.2, 0) is 10.0 Å². The van der Waals surface area contributed by atoms with Gasteiger partial charge in [-0.2, -0.15) is 4.31 Å². The van der Waals surface area contributed by atoms with E-state index in [0.717, 1.165) is 9.69 Å². The van der Waals surface area contributed by atoms with Crippen molar-refractivity contribution in [3.05, 3.63) is 36.4 Å². The van der Waals surface area contributed by atoms with Crippen LogP contribution in [0.4, 0.5) is 5.69 Å². The molecular weight excluding hydrogens is 292 g/mol. The van der Waals surface area contributed by atoms with Gasteiger partial charge < -0.3 is 15.9 Å². The van der Waals surface area contributed by atoms with Crippen LogP contribution in [0.25, 0.3) is 10.8 Å². The van der Waals surface area contributed by atoms with E-state index in [2.05, 4.69) is 0 Å². The molecule has 0 saturated carbocycles. The lowest BCUT2D eigenvalue weighted by Crippen LogP contribution is -2.35. The lowest BCUT2D eigenvalue weighted by molar-refractivity contribution is 0.217. The minimum absolute atomic E-state index is 0.0613. The molecule has 0 radical (unpaired) electrons. The molecular formula is C14H18N2O4S. The van der Waals surface area contributed by atoms with Gasteiger partial charge in [-0.1, -0.05) is 18.2 Å². The third kappa shape index (κ3) is 3.16. The molecule has 0 aromatic heterocycles. The van der Waals surface area contributed by atoms with Crippen LogP contribution in [0.15, 0.2) is 41.3 Å². The van der Waals surface area contributed by atoms with Crippen molar-refractivity contribution in [3.63, 3.8) is 0 Å². The Morgan fingerprint density at radius 2 is 1.71 bits per heavy atom. The zero-order valence-electron chi connectivity index (χ0n) is 11.4. The number of hydrogen-bond donors (Lipinski definition) is 3. The van der Waals surface area contributed by atoms with E-state index >= 15 is 0 Å². The maximum absolute atomic E-state index is 12.7. The van der Waals surface area contributed by atoms with Crippen molar-refractivity contribution < 1.29 is 18.6 Å². The molecule has 0 amide bonds. The highest BCUT2D eigenvalue weighted by Gasteiger charge is 2.25. The van der Waals surface area contributed by atoms with Crippen molar-refractivity contribution >= 4 is 26.5 Å². The van der Waals surface area contributed by atoms with E-state index < -0.39 is 10.0 Å². The number of aliphatic hydroxyl groups is 2. The van der Waals surface area contributed by atoms with Crippen LogP contribution >= 0.6 is 0 Å². The Morgan fingerprint density at radius 3 is 2.33 bits per heavy atom. The van der Waals surface area contributed by atoms with Crippen LogP contribution in [0.5, 0.6) is 0 Å². The van der Waals surface area contributed by atoms with Crippen molar-refractivity contribution in [2.24, 2.45) is 0 Å². The smallest absolute Gasteiger partial charge is 0.243 e. The van der Waals surface area contributed by atoms with Crippen LogP contribution in [0, 0.1) is 0 Å². The second-order valence-corrected chi connectivity index (χ2v) is 6.49. The second-order valence-electron chi connectivity index (χ2n) is 4.59. The molecule has 0 bridgehead atoms. The summed E-state index contributed by atoms with van der Waals surface area (Å²) < 4.78 is 26.4. The molecule has 0 aliphatic heterocycles. The molecule has 0 atom stereocenters. The summed E-state index contributed by atoms with van der Waals surface area (Å²) >= 11 is 0. The van der Waals surface area contributed by atoms with Crippen molar-refractivity contribution in [3.8, 4) is 0 Å². The van der Waals surface area contributed by atoms with E-state index in [4.69, 9.17) is 15.9 Å². The van der Waals surface area contributed by atoms with Gasteiger partial charge in [-0.05, 0) is 23.6 Å². The number of hydrogen-bond acceptors (Lipinski definition) is 5. The molecule has 0 heterocycles. The number of anilines is 1. The molecule has 21 heavy (non-hydrogen) atoms. The molecule has 0 aliphatic rings. The fraction of sp³-hybridized carbons (Fsp3) is 0.286. The van der Waals surface area contributed by atoms with Crippen molar-refractivity contribution in [2.75, 3.05) is 32.0 Å². The van der Waals surface area contributed by atoms with Crippen LogP contribution in [-0.4, -0.2) is 49.2 Å². The summed E-state index contributed by atoms with van der Waals surface area (Å²) in [5, 5.41) is 19.3. The number of nitrogen functional groups attached to an aromatic ring is 1. The molecule has 7 heteroatoms. The lowest BCUT2D eigenvalue weighted by atomic mass is 10.1. The van der Waals surface area contributed by atoms with Crippen LogP contribution in [0.2, 0.25) is 0 Å². The summed E-state index contributed by atoms with van der Waals surface area (Å²) in [7, 11) is -3.79. The standard InChI is InChI=1S/C14H18N2O4S/c15-12-4-5-13-11(10-12)2-1-3-14(13)21(19,20)16(6-8-17)7-9-18/h1-5,10,17-18H,6-9,15H2. The zero-order valence-corrected chi connectivity index (χ0v) is 12.3. The number of benzene rings is 2. The topological polar surface area (TPSA) is 104 Å². The minimum atomic E-state index is -3.79. The third-order valence-corrected chi connectivity index (χ3v) is 5.14. The summed E-state index contributed by atoms with van der Waals surface area (Å²) in [4.78, 5) is 0.141. The zero-order chi connectivity index (χ0) is 15.5. The molecule has 114 valence electrons. The average Bonchev–Trinajstić information content (AvgIpc) is 2.46. The van der Waals surface area contributed by atoms with E-state index in [9.17, 15) is 8.42 Å². The molecule has 2 aromatic rings. The summed E-state index contributed by atoms with van der Waals surface area (Å²) in [5.74, 6) is 0. The highest BCUT2D eigenvalue weighted by Crippen LogP contribution is 2.27. The fourth-order valence-electron chi connectivity index (χ4n) is 2.21. The molecule has 2 rings (SSSR count). The number of sulfonamides is 1. The Balaban J connectivity index is 2.58. The molecule has 0 unspecified atom stereocenters. The molecule has 4 N–H and O–H groups in total. The Kier molecular flexibility index (Phi) is 4.79. The first kappa shape index (κ1) is 15.7. The quantitative estimate of drug-likeness (QED) is 0.670. The number of rotatable bonds is 6. The minimum Gasteiger partial charge on any atom is -0.399 e. The normalized spacial score (nSPS) is 12.1. The van der Waals surface area contributed by atoms with Crippen LogP contribution in [0.1, 0.15) is 0 Å². The molecule has 2 aromatic carbocycles. The van der Waals surface area contributed by atoms with Gasteiger partial charge in [0.25, 0.3) is 0 Å². The van der Waals surface area contributed by atoms with Crippen molar-refractivity contribution in [2.45, 2.75) is 4.90 Å². The van der Waals surface area contributed by atoms with E-state index in [1.807, 2.05) is 0 Å². The SMILES string of the molecule is Nc1ccc2c(S(=O)(=O)N(CCO)CCO)cccc2c1.